The molecule has 11 heteroatoms. The van der Waals surface area contributed by atoms with Gasteiger partial charge in [-0.25, -0.2) is 9.07 Å². The Balaban J connectivity index is 1.60. The highest BCUT2D eigenvalue weighted by atomic mass is 32.2. The fraction of sp³-hybridized carbons (Fsp3) is 0.167. The second kappa shape index (κ2) is 6.79. The molecular formula is C12H10FN7OS2. The van der Waals surface area contributed by atoms with Gasteiger partial charge in [-0.2, -0.15) is 0 Å². The van der Waals surface area contributed by atoms with E-state index in [1.165, 1.54) is 47.4 Å². The number of tetrazole rings is 1. The van der Waals surface area contributed by atoms with Crippen molar-refractivity contribution >= 4 is 34.7 Å². The largest absolute Gasteiger partial charge is 0.320 e. The average Bonchev–Trinajstić information content (AvgIpc) is 3.16. The van der Waals surface area contributed by atoms with Gasteiger partial charge in [0.05, 0.1) is 5.75 Å². The number of rotatable bonds is 5. The van der Waals surface area contributed by atoms with Gasteiger partial charge in [0, 0.05) is 12.7 Å². The fourth-order valence-corrected chi connectivity index (χ4v) is 3.16. The summed E-state index contributed by atoms with van der Waals surface area (Å²) in [4.78, 5) is 12.1. The van der Waals surface area contributed by atoms with Crippen molar-refractivity contribution in [1.82, 2.24) is 30.4 Å². The Bertz CT molecular complexity index is 817. The summed E-state index contributed by atoms with van der Waals surface area (Å²) < 4.78 is 14.4. The van der Waals surface area contributed by atoms with Crippen LogP contribution in [0.4, 0.5) is 10.1 Å². The maximum atomic E-state index is 12.8. The SMILES string of the molecule is Cn1nnnc1SCc1nnc(C(=O)Nc2ccc(F)cc2)s1. The summed E-state index contributed by atoms with van der Waals surface area (Å²) >= 11 is 2.58. The van der Waals surface area contributed by atoms with E-state index >= 15 is 0 Å². The summed E-state index contributed by atoms with van der Waals surface area (Å²) in [5, 5.41) is 23.2. The number of nitrogens with one attached hydrogen (secondary N) is 1. The van der Waals surface area contributed by atoms with E-state index in [2.05, 4.69) is 31.0 Å². The predicted octanol–water partition coefficient (Wildman–Crippen LogP) is 1.75. The second-order valence-corrected chi connectivity index (χ2v) is 6.34. The van der Waals surface area contributed by atoms with Crippen LogP contribution in [0.1, 0.15) is 14.8 Å². The number of hydrogen-bond donors (Lipinski definition) is 1. The third kappa shape index (κ3) is 3.87. The fourth-order valence-electron chi connectivity index (χ4n) is 1.59. The average molecular weight is 351 g/mol. The van der Waals surface area contributed by atoms with Gasteiger partial charge in [-0.1, -0.05) is 23.1 Å². The molecule has 1 aromatic carbocycles. The smallest absolute Gasteiger partial charge is 0.286 e. The van der Waals surface area contributed by atoms with Crippen LogP contribution in [0.25, 0.3) is 0 Å². The van der Waals surface area contributed by atoms with Crippen LogP contribution in [0.5, 0.6) is 0 Å². The molecule has 118 valence electrons. The van der Waals surface area contributed by atoms with E-state index in [9.17, 15) is 9.18 Å². The van der Waals surface area contributed by atoms with Crippen LogP contribution in [-0.2, 0) is 12.8 Å². The first-order valence-electron chi connectivity index (χ1n) is 6.36. The Labute approximate surface area is 138 Å². The zero-order chi connectivity index (χ0) is 16.2. The van der Waals surface area contributed by atoms with Crippen molar-refractivity contribution in [1.29, 1.82) is 0 Å². The highest BCUT2D eigenvalue weighted by molar-refractivity contribution is 7.98. The number of amides is 1. The van der Waals surface area contributed by atoms with Crippen molar-refractivity contribution in [3.05, 3.63) is 40.1 Å². The number of thioether (sulfide) groups is 1. The first kappa shape index (κ1) is 15.5. The van der Waals surface area contributed by atoms with Crippen LogP contribution in [0.15, 0.2) is 29.4 Å². The number of halogens is 1. The summed E-state index contributed by atoms with van der Waals surface area (Å²) in [7, 11) is 1.74. The quantitative estimate of drug-likeness (QED) is 0.699. The molecule has 0 atom stereocenters. The minimum absolute atomic E-state index is 0.237. The second-order valence-electron chi connectivity index (χ2n) is 4.34. The molecule has 0 fully saturated rings. The Morgan fingerprint density at radius 1 is 1.30 bits per heavy atom. The molecule has 0 aliphatic rings. The molecule has 3 aromatic rings. The summed E-state index contributed by atoms with van der Waals surface area (Å²) in [6.07, 6.45) is 0. The van der Waals surface area contributed by atoms with Crippen LogP contribution in [0, 0.1) is 5.82 Å². The van der Waals surface area contributed by atoms with E-state index in [4.69, 9.17) is 0 Å². The lowest BCUT2D eigenvalue weighted by Crippen LogP contribution is -2.11. The van der Waals surface area contributed by atoms with Gasteiger partial charge in [-0.15, -0.1) is 15.3 Å². The van der Waals surface area contributed by atoms with Gasteiger partial charge >= 0.3 is 0 Å². The van der Waals surface area contributed by atoms with Crippen molar-refractivity contribution in [2.45, 2.75) is 10.9 Å². The molecule has 1 amide bonds. The number of hydrogen-bond acceptors (Lipinski definition) is 8. The number of aryl methyl sites for hydroxylation is 1. The van der Waals surface area contributed by atoms with Crippen LogP contribution in [0.3, 0.4) is 0 Å². The zero-order valence-electron chi connectivity index (χ0n) is 11.8. The summed E-state index contributed by atoms with van der Waals surface area (Å²) in [5.41, 5.74) is 0.493. The molecule has 0 spiro atoms. The molecule has 2 heterocycles. The van der Waals surface area contributed by atoms with Gasteiger partial charge in [-0.05, 0) is 34.7 Å². The molecule has 8 nitrogen and oxygen atoms in total. The number of benzene rings is 1. The summed E-state index contributed by atoms with van der Waals surface area (Å²) in [5.74, 6) is -0.238. The topological polar surface area (TPSA) is 98.5 Å². The predicted molar refractivity (Wildman–Crippen MR) is 82.6 cm³/mol. The Hall–Kier alpha value is -2.40. The van der Waals surface area contributed by atoms with Gasteiger partial charge in [0.1, 0.15) is 10.8 Å². The lowest BCUT2D eigenvalue weighted by atomic mass is 10.3. The Kier molecular flexibility index (Phi) is 4.57. The monoisotopic (exact) mass is 351 g/mol. The van der Waals surface area contributed by atoms with Crippen molar-refractivity contribution in [3.63, 3.8) is 0 Å². The first-order valence-corrected chi connectivity index (χ1v) is 8.16. The number of nitrogens with zero attached hydrogens (tertiary/aromatic N) is 6. The molecule has 0 bridgehead atoms. The molecule has 0 saturated heterocycles. The van der Waals surface area contributed by atoms with Gasteiger partial charge in [0.2, 0.25) is 10.2 Å². The molecule has 23 heavy (non-hydrogen) atoms. The minimum Gasteiger partial charge on any atom is -0.320 e. The molecule has 2 aromatic heterocycles. The highest BCUT2D eigenvalue weighted by Crippen LogP contribution is 2.22. The van der Waals surface area contributed by atoms with E-state index in [1.54, 1.807) is 11.7 Å². The number of anilines is 1. The molecule has 0 saturated carbocycles. The minimum atomic E-state index is -0.384. The van der Waals surface area contributed by atoms with E-state index < -0.39 is 0 Å². The van der Waals surface area contributed by atoms with Crippen molar-refractivity contribution in [2.24, 2.45) is 7.05 Å². The van der Waals surface area contributed by atoms with Gasteiger partial charge in [0.25, 0.3) is 5.91 Å². The van der Waals surface area contributed by atoms with E-state index in [0.717, 1.165) is 0 Å². The third-order valence-electron chi connectivity index (χ3n) is 2.67. The Morgan fingerprint density at radius 3 is 2.78 bits per heavy atom. The summed E-state index contributed by atoms with van der Waals surface area (Å²) in [6, 6.07) is 5.50. The third-order valence-corrected chi connectivity index (χ3v) is 4.80. The van der Waals surface area contributed by atoms with Crippen LogP contribution < -0.4 is 5.32 Å². The maximum Gasteiger partial charge on any atom is 0.286 e. The molecule has 3 rings (SSSR count). The van der Waals surface area contributed by atoms with Crippen LogP contribution in [0.2, 0.25) is 0 Å². The molecule has 0 unspecified atom stereocenters. The molecule has 0 aliphatic heterocycles. The lowest BCUT2D eigenvalue weighted by molar-refractivity contribution is 0.102. The lowest BCUT2D eigenvalue weighted by Gasteiger charge is -2.01. The number of carbonyl (C=O) groups is 1. The molecule has 0 radical (unpaired) electrons. The normalized spacial score (nSPS) is 10.7. The maximum absolute atomic E-state index is 12.8. The Morgan fingerprint density at radius 2 is 2.09 bits per heavy atom. The first-order chi connectivity index (χ1) is 11.1. The van der Waals surface area contributed by atoms with Gasteiger partial charge in [-0.3, -0.25) is 4.79 Å². The molecule has 0 aliphatic carbocycles. The number of aromatic nitrogens is 6. The standard InChI is InChI=1S/C12H10FN7OS2/c1-20-12(17-18-19-20)22-6-9-15-16-11(23-9)10(21)14-8-4-2-7(13)3-5-8/h2-5H,6H2,1H3,(H,14,21). The van der Waals surface area contributed by atoms with Crippen molar-refractivity contribution in [3.8, 4) is 0 Å². The number of carbonyl (C=O) groups excluding carboxylic acids is 1. The van der Waals surface area contributed by atoms with Crippen LogP contribution >= 0.6 is 23.1 Å². The van der Waals surface area contributed by atoms with E-state index in [0.29, 0.717) is 21.6 Å². The highest BCUT2D eigenvalue weighted by Gasteiger charge is 2.14. The summed E-state index contributed by atoms with van der Waals surface area (Å²) in [6.45, 7) is 0. The zero-order valence-corrected chi connectivity index (χ0v) is 13.4. The molecular weight excluding hydrogens is 341 g/mol. The van der Waals surface area contributed by atoms with Gasteiger partial charge < -0.3 is 5.32 Å². The van der Waals surface area contributed by atoms with Crippen molar-refractivity contribution < 1.29 is 9.18 Å². The van der Waals surface area contributed by atoms with E-state index in [-0.39, 0.29) is 16.7 Å². The van der Waals surface area contributed by atoms with E-state index in [1.807, 2.05) is 0 Å². The van der Waals surface area contributed by atoms with Crippen LogP contribution in [-0.4, -0.2) is 36.3 Å². The van der Waals surface area contributed by atoms with Crippen molar-refractivity contribution in [2.75, 3.05) is 5.32 Å². The van der Waals surface area contributed by atoms with Gasteiger partial charge in [0.15, 0.2) is 0 Å². The molecule has 1 N–H and O–H groups in total.